The number of halogens is 1. The van der Waals surface area contributed by atoms with E-state index in [1.807, 2.05) is 69.3 Å². The first-order valence-electron chi connectivity index (χ1n) is 10.2. The Morgan fingerprint density at radius 2 is 1.66 bits per heavy atom. The van der Waals surface area contributed by atoms with Gasteiger partial charge in [0, 0.05) is 11.4 Å². The van der Waals surface area contributed by atoms with Gasteiger partial charge in [-0.3, -0.25) is 9.36 Å². The molecule has 0 radical (unpaired) electrons. The first-order chi connectivity index (χ1) is 15.4. The number of para-hydroxylation sites is 1. The smallest absolute Gasteiger partial charge is 0.237 e. The fraction of sp³-hybridized carbons (Fsp3) is 0.160. The van der Waals surface area contributed by atoms with Crippen molar-refractivity contribution in [1.29, 1.82) is 0 Å². The Bertz CT molecular complexity index is 1250. The second-order valence-electron chi connectivity index (χ2n) is 7.52. The molecular formula is C25H23FN4OS. The summed E-state index contributed by atoms with van der Waals surface area (Å²) in [6.45, 7) is 5.76. The Morgan fingerprint density at radius 1 is 0.969 bits per heavy atom. The summed E-state index contributed by atoms with van der Waals surface area (Å²) < 4.78 is 16.4. The Kier molecular flexibility index (Phi) is 6.37. The standard InChI is InChI=1S/C25H23FN4OS/c1-16-12-14-19(15-13-16)30-23(20-9-5-6-10-21(20)26)28-29-25(30)32-18(3)24(31)27-22-11-7-4-8-17(22)2/h4-15,18H,1-3H3,(H,27,31). The molecule has 0 saturated heterocycles. The molecule has 5 nitrogen and oxygen atoms in total. The molecule has 3 aromatic carbocycles. The number of carbonyl (C=O) groups excluding carboxylic acids is 1. The van der Waals surface area contributed by atoms with Crippen LogP contribution < -0.4 is 5.32 Å². The van der Waals surface area contributed by atoms with Crippen molar-refractivity contribution in [3.8, 4) is 17.1 Å². The van der Waals surface area contributed by atoms with Crippen molar-refractivity contribution in [2.24, 2.45) is 0 Å². The topological polar surface area (TPSA) is 59.8 Å². The predicted molar refractivity (Wildman–Crippen MR) is 127 cm³/mol. The largest absolute Gasteiger partial charge is 0.325 e. The number of carbonyl (C=O) groups is 1. The van der Waals surface area contributed by atoms with Crippen molar-refractivity contribution < 1.29 is 9.18 Å². The SMILES string of the molecule is Cc1ccc(-n2c(SC(C)C(=O)Nc3ccccc3C)nnc2-c2ccccc2F)cc1. The number of hydrogen-bond acceptors (Lipinski definition) is 4. The molecule has 4 rings (SSSR count). The molecule has 0 aliphatic carbocycles. The summed E-state index contributed by atoms with van der Waals surface area (Å²) in [5.74, 6) is -0.133. The van der Waals surface area contributed by atoms with E-state index in [-0.39, 0.29) is 11.7 Å². The van der Waals surface area contributed by atoms with Gasteiger partial charge in [-0.15, -0.1) is 10.2 Å². The normalized spacial score (nSPS) is 11.9. The van der Waals surface area contributed by atoms with Gasteiger partial charge in [-0.25, -0.2) is 4.39 Å². The average Bonchev–Trinajstić information content (AvgIpc) is 3.19. The minimum Gasteiger partial charge on any atom is -0.325 e. The fourth-order valence-electron chi connectivity index (χ4n) is 3.25. The van der Waals surface area contributed by atoms with E-state index in [9.17, 15) is 9.18 Å². The second-order valence-corrected chi connectivity index (χ2v) is 8.83. The Morgan fingerprint density at radius 3 is 2.38 bits per heavy atom. The molecule has 1 aromatic heterocycles. The highest BCUT2D eigenvalue weighted by atomic mass is 32.2. The maximum absolute atomic E-state index is 14.6. The molecule has 0 aliphatic heterocycles. The summed E-state index contributed by atoms with van der Waals surface area (Å²) in [5.41, 5.74) is 4.02. The molecule has 1 unspecified atom stereocenters. The fourth-order valence-corrected chi connectivity index (χ4v) is 4.12. The average molecular weight is 447 g/mol. The zero-order valence-electron chi connectivity index (χ0n) is 18.0. The van der Waals surface area contributed by atoms with Crippen LogP contribution in [0.2, 0.25) is 0 Å². The van der Waals surface area contributed by atoms with Crippen LogP contribution in [0.3, 0.4) is 0 Å². The van der Waals surface area contributed by atoms with E-state index in [1.165, 1.54) is 17.8 Å². The first kappa shape index (κ1) is 21.8. The molecular weight excluding hydrogens is 423 g/mol. The van der Waals surface area contributed by atoms with Crippen LogP contribution in [0.4, 0.5) is 10.1 Å². The molecule has 1 N–H and O–H groups in total. The summed E-state index contributed by atoms with van der Waals surface area (Å²) in [7, 11) is 0. The van der Waals surface area contributed by atoms with Gasteiger partial charge in [-0.05, 0) is 56.7 Å². The Labute approximate surface area is 190 Å². The maximum Gasteiger partial charge on any atom is 0.237 e. The van der Waals surface area contributed by atoms with E-state index in [1.54, 1.807) is 22.8 Å². The third-order valence-electron chi connectivity index (χ3n) is 5.09. The number of aryl methyl sites for hydroxylation is 2. The van der Waals surface area contributed by atoms with E-state index < -0.39 is 5.25 Å². The highest BCUT2D eigenvalue weighted by Gasteiger charge is 2.23. The Hall–Kier alpha value is -3.45. The van der Waals surface area contributed by atoms with Crippen molar-refractivity contribution in [2.45, 2.75) is 31.2 Å². The summed E-state index contributed by atoms with van der Waals surface area (Å²) in [6.07, 6.45) is 0. The van der Waals surface area contributed by atoms with Gasteiger partial charge in [0.25, 0.3) is 0 Å². The van der Waals surface area contributed by atoms with Crippen LogP contribution in [0.15, 0.2) is 78.0 Å². The summed E-state index contributed by atoms with van der Waals surface area (Å²) >= 11 is 1.28. The number of nitrogens with zero attached hydrogens (tertiary/aromatic N) is 3. The van der Waals surface area contributed by atoms with Gasteiger partial charge in [0.05, 0.1) is 10.8 Å². The molecule has 4 aromatic rings. The number of hydrogen-bond donors (Lipinski definition) is 1. The minimum absolute atomic E-state index is 0.143. The highest BCUT2D eigenvalue weighted by molar-refractivity contribution is 8.00. The molecule has 1 heterocycles. The lowest BCUT2D eigenvalue weighted by Crippen LogP contribution is -2.23. The van der Waals surface area contributed by atoms with E-state index in [0.717, 1.165) is 22.5 Å². The number of anilines is 1. The van der Waals surface area contributed by atoms with Gasteiger partial charge >= 0.3 is 0 Å². The third-order valence-corrected chi connectivity index (χ3v) is 6.14. The number of thioether (sulfide) groups is 1. The van der Waals surface area contributed by atoms with Gasteiger partial charge in [-0.2, -0.15) is 0 Å². The molecule has 1 amide bonds. The minimum atomic E-state index is -0.448. The molecule has 0 bridgehead atoms. The van der Waals surface area contributed by atoms with Gasteiger partial charge in [0.15, 0.2) is 11.0 Å². The van der Waals surface area contributed by atoms with Gasteiger partial charge in [0.2, 0.25) is 5.91 Å². The van der Waals surface area contributed by atoms with Crippen LogP contribution in [-0.4, -0.2) is 25.9 Å². The zero-order valence-corrected chi connectivity index (χ0v) is 18.9. The number of benzene rings is 3. The number of amides is 1. The summed E-state index contributed by atoms with van der Waals surface area (Å²) in [4.78, 5) is 12.8. The van der Waals surface area contributed by atoms with Crippen LogP contribution in [0, 0.1) is 19.7 Å². The second kappa shape index (κ2) is 9.36. The molecule has 1 atom stereocenters. The van der Waals surface area contributed by atoms with Crippen LogP contribution in [0.5, 0.6) is 0 Å². The van der Waals surface area contributed by atoms with Crippen LogP contribution >= 0.6 is 11.8 Å². The number of aromatic nitrogens is 3. The van der Waals surface area contributed by atoms with Crippen molar-refractivity contribution in [3.05, 3.63) is 89.7 Å². The maximum atomic E-state index is 14.6. The predicted octanol–water partition coefficient (Wildman–Crippen LogP) is 5.81. The van der Waals surface area contributed by atoms with Crippen molar-refractivity contribution >= 4 is 23.4 Å². The monoisotopic (exact) mass is 446 g/mol. The molecule has 0 fully saturated rings. The highest BCUT2D eigenvalue weighted by Crippen LogP contribution is 2.31. The molecule has 0 saturated carbocycles. The van der Waals surface area contributed by atoms with Gasteiger partial charge in [0.1, 0.15) is 5.82 Å². The third kappa shape index (κ3) is 4.57. The lowest BCUT2D eigenvalue weighted by atomic mass is 10.2. The van der Waals surface area contributed by atoms with Gasteiger partial charge < -0.3 is 5.32 Å². The van der Waals surface area contributed by atoms with Crippen LogP contribution in [-0.2, 0) is 4.79 Å². The van der Waals surface area contributed by atoms with E-state index >= 15 is 0 Å². The number of rotatable bonds is 6. The van der Waals surface area contributed by atoms with E-state index in [0.29, 0.717) is 16.5 Å². The van der Waals surface area contributed by atoms with E-state index in [4.69, 9.17) is 0 Å². The van der Waals surface area contributed by atoms with Crippen LogP contribution in [0.1, 0.15) is 18.1 Å². The number of nitrogens with one attached hydrogen (secondary N) is 1. The van der Waals surface area contributed by atoms with Crippen molar-refractivity contribution in [3.63, 3.8) is 0 Å². The van der Waals surface area contributed by atoms with Crippen LogP contribution in [0.25, 0.3) is 17.1 Å². The molecule has 0 aliphatic rings. The van der Waals surface area contributed by atoms with Gasteiger partial charge in [-0.1, -0.05) is 59.8 Å². The first-order valence-corrected chi connectivity index (χ1v) is 11.1. The summed E-state index contributed by atoms with van der Waals surface area (Å²) in [6, 6.07) is 21.9. The molecule has 32 heavy (non-hydrogen) atoms. The quantitative estimate of drug-likeness (QED) is 0.380. The zero-order chi connectivity index (χ0) is 22.7. The lowest BCUT2D eigenvalue weighted by Gasteiger charge is -2.15. The van der Waals surface area contributed by atoms with E-state index in [2.05, 4.69) is 15.5 Å². The molecule has 7 heteroatoms. The van der Waals surface area contributed by atoms with Crippen molar-refractivity contribution in [2.75, 3.05) is 5.32 Å². The molecule has 0 spiro atoms. The molecule has 162 valence electrons. The van der Waals surface area contributed by atoms with Crippen molar-refractivity contribution in [1.82, 2.24) is 14.8 Å². The summed E-state index contributed by atoms with van der Waals surface area (Å²) in [5, 5.41) is 11.6. The lowest BCUT2D eigenvalue weighted by molar-refractivity contribution is -0.115. The Balaban J connectivity index is 1.68.